The number of H-pyrrole nitrogens is 1. The monoisotopic (exact) mass is 384 g/mol. The highest BCUT2D eigenvalue weighted by Crippen LogP contribution is 2.40. The zero-order chi connectivity index (χ0) is 17.7. The Labute approximate surface area is 156 Å². The molecule has 0 aliphatic heterocycles. The molecule has 0 bridgehead atoms. The van der Waals surface area contributed by atoms with E-state index in [9.17, 15) is 9.90 Å². The van der Waals surface area contributed by atoms with Crippen molar-refractivity contribution in [2.75, 3.05) is 11.9 Å². The molecule has 0 unspecified atom stereocenters. The number of aryl methyl sites for hydroxylation is 1. The highest BCUT2D eigenvalue weighted by atomic mass is 32.1. The molecular weight excluding hydrogens is 368 g/mol. The molecule has 5 rings (SSSR count). The number of fused-ring (bicyclic) bond motifs is 4. The molecule has 26 heavy (non-hydrogen) atoms. The Hall–Kier alpha value is -2.29. The SMILES string of the molecule is O=c1[nH]c2ccc(Nc3ncnc4sc5c(c34)CC[C@@H](CO)C5)cc2s1. The molecule has 1 aliphatic carbocycles. The van der Waals surface area contributed by atoms with Crippen molar-refractivity contribution >= 4 is 54.6 Å². The van der Waals surface area contributed by atoms with Crippen molar-refractivity contribution in [1.29, 1.82) is 0 Å². The molecule has 8 heteroatoms. The van der Waals surface area contributed by atoms with E-state index in [1.807, 2.05) is 18.2 Å². The molecule has 0 saturated carbocycles. The van der Waals surface area contributed by atoms with E-state index in [0.717, 1.165) is 51.2 Å². The summed E-state index contributed by atoms with van der Waals surface area (Å²) in [6.45, 7) is 0.240. The van der Waals surface area contributed by atoms with Gasteiger partial charge in [0.15, 0.2) is 0 Å². The summed E-state index contributed by atoms with van der Waals surface area (Å²) in [6.07, 6.45) is 4.44. The van der Waals surface area contributed by atoms with Gasteiger partial charge in [0.05, 0.1) is 15.6 Å². The van der Waals surface area contributed by atoms with Gasteiger partial charge in [-0.25, -0.2) is 9.97 Å². The summed E-state index contributed by atoms with van der Waals surface area (Å²) in [7, 11) is 0. The topological polar surface area (TPSA) is 90.9 Å². The lowest BCUT2D eigenvalue weighted by Crippen LogP contribution is -2.15. The van der Waals surface area contributed by atoms with Crippen LogP contribution in [0.5, 0.6) is 0 Å². The average molecular weight is 384 g/mol. The number of hydrogen-bond donors (Lipinski definition) is 3. The number of aliphatic hydroxyl groups excluding tert-OH is 1. The first-order chi connectivity index (χ1) is 12.7. The van der Waals surface area contributed by atoms with Gasteiger partial charge in [0.1, 0.15) is 17.0 Å². The summed E-state index contributed by atoms with van der Waals surface area (Å²) in [5, 5.41) is 14.0. The molecule has 1 aliphatic rings. The van der Waals surface area contributed by atoms with Gasteiger partial charge >= 0.3 is 4.87 Å². The number of thiazole rings is 1. The van der Waals surface area contributed by atoms with Crippen molar-refractivity contribution in [3.63, 3.8) is 0 Å². The molecular formula is C18H16N4O2S2. The molecule has 0 spiro atoms. The quantitative estimate of drug-likeness (QED) is 0.503. The van der Waals surface area contributed by atoms with Gasteiger partial charge in [-0.2, -0.15) is 0 Å². The van der Waals surface area contributed by atoms with Crippen LogP contribution in [0.15, 0.2) is 29.3 Å². The van der Waals surface area contributed by atoms with Gasteiger partial charge in [0, 0.05) is 17.2 Å². The summed E-state index contributed by atoms with van der Waals surface area (Å²) in [5.41, 5.74) is 3.06. The highest BCUT2D eigenvalue weighted by Gasteiger charge is 2.24. The molecule has 0 radical (unpaired) electrons. The van der Waals surface area contributed by atoms with Gasteiger partial charge in [-0.3, -0.25) is 4.79 Å². The first-order valence-corrected chi connectivity index (χ1v) is 10.1. The number of hydrogen-bond acceptors (Lipinski definition) is 7. The fraction of sp³-hybridized carbons (Fsp3) is 0.278. The van der Waals surface area contributed by atoms with Crippen LogP contribution >= 0.6 is 22.7 Å². The molecule has 0 amide bonds. The van der Waals surface area contributed by atoms with E-state index >= 15 is 0 Å². The lowest BCUT2D eigenvalue weighted by atomic mass is 9.88. The van der Waals surface area contributed by atoms with Crippen molar-refractivity contribution in [2.45, 2.75) is 19.3 Å². The molecule has 4 aromatic rings. The summed E-state index contributed by atoms with van der Waals surface area (Å²) < 4.78 is 0.920. The number of aromatic amines is 1. The predicted molar refractivity (Wildman–Crippen MR) is 106 cm³/mol. The summed E-state index contributed by atoms with van der Waals surface area (Å²) in [6, 6.07) is 5.81. The summed E-state index contributed by atoms with van der Waals surface area (Å²) in [5.74, 6) is 1.15. The molecule has 132 valence electrons. The minimum absolute atomic E-state index is 0.0491. The van der Waals surface area contributed by atoms with E-state index in [2.05, 4.69) is 20.3 Å². The summed E-state index contributed by atoms with van der Waals surface area (Å²) >= 11 is 2.91. The van der Waals surface area contributed by atoms with Crippen molar-refractivity contribution in [3.05, 3.63) is 44.6 Å². The van der Waals surface area contributed by atoms with E-state index in [4.69, 9.17) is 0 Å². The maximum absolute atomic E-state index is 11.5. The van der Waals surface area contributed by atoms with Crippen LogP contribution in [0.25, 0.3) is 20.4 Å². The van der Waals surface area contributed by atoms with Crippen LogP contribution in [-0.2, 0) is 12.8 Å². The fourth-order valence-electron chi connectivity index (χ4n) is 3.59. The zero-order valence-corrected chi connectivity index (χ0v) is 15.4. The number of aliphatic hydroxyl groups is 1. The van der Waals surface area contributed by atoms with Crippen LogP contribution in [0.4, 0.5) is 11.5 Å². The van der Waals surface area contributed by atoms with Crippen LogP contribution in [0.3, 0.4) is 0 Å². The summed E-state index contributed by atoms with van der Waals surface area (Å²) in [4.78, 5) is 25.5. The van der Waals surface area contributed by atoms with E-state index in [-0.39, 0.29) is 11.5 Å². The van der Waals surface area contributed by atoms with Crippen molar-refractivity contribution in [3.8, 4) is 0 Å². The molecule has 3 aromatic heterocycles. The predicted octanol–water partition coefficient (Wildman–Crippen LogP) is 3.44. The number of thiophene rings is 1. The minimum atomic E-state index is -0.0491. The number of aromatic nitrogens is 3. The number of rotatable bonds is 3. The third kappa shape index (κ3) is 2.61. The molecule has 1 atom stereocenters. The first kappa shape index (κ1) is 15.9. The van der Waals surface area contributed by atoms with Crippen LogP contribution in [0.2, 0.25) is 0 Å². The maximum Gasteiger partial charge on any atom is 0.305 e. The normalized spacial score (nSPS) is 16.9. The minimum Gasteiger partial charge on any atom is -0.396 e. The lowest BCUT2D eigenvalue weighted by molar-refractivity contribution is 0.214. The van der Waals surface area contributed by atoms with E-state index in [0.29, 0.717) is 5.92 Å². The molecule has 0 saturated heterocycles. The second-order valence-electron chi connectivity index (χ2n) is 6.55. The lowest BCUT2D eigenvalue weighted by Gasteiger charge is -2.20. The van der Waals surface area contributed by atoms with Crippen molar-refractivity contribution < 1.29 is 5.11 Å². The third-order valence-electron chi connectivity index (χ3n) is 4.89. The number of benzene rings is 1. The standard InChI is InChI=1S/C18H16N4O2S2/c23-7-9-1-3-11-13(5-9)25-17-15(11)16(19-8-20-17)21-10-2-4-12-14(6-10)26-18(24)22-12/h2,4,6,8-9,23H,1,3,5,7H2,(H,22,24)(H,19,20,21)/t9-/m1/s1. The highest BCUT2D eigenvalue weighted by molar-refractivity contribution is 7.19. The number of nitrogens with zero attached hydrogens (tertiary/aromatic N) is 2. The molecule has 0 fully saturated rings. The molecule has 1 aromatic carbocycles. The second-order valence-corrected chi connectivity index (χ2v) is 8.65. The van der Waals surface area contributed by atoms with E-state index in [1.165, 1.54) is 21.8 Å². The molecule has 3 heterocycles. The van der Waals surface area contributed by atoms with Crippen molar-refractivity contribution in [1.82, 2.24) is 15.0 Å². The van der Waals surface area contributed by atoms with E-state index in [1.54, 1.807) is 17.7 Å². The van der Waals surface area contributed by atoms with E-state index < -0.39 is 0 Å². The second kappa shape index (κ2) is 6.15. The van der Waals surface area contributed by atoms with Gasteiger partial charge in [-0.1, -0.05) is 11.3 Å². The Kier molecular flexibility index (Phi) is 3.77. The molecule has 6 nitrogen and oxygen atoms in total. The average Bonchev–Trinajstić information content (AvgIpc) is 3.20. The van der Waals surface area contributed by atoms with Gasteiger partial charge in [0.25, 0.3) is 0 Å². The Balaban J connectivity index is 1.57. The first-order valence-electron chi connectivity index (χ1n) is 8.47. The smallest absolute Gasteiger partial charge is 0.305 e. The van der Waals surface area contributed by atoms with Crippen LogP contribution in [0.1, 0.15) is 16.9 Å². The number of anilines is 2. The fourth-order valence-corrected chi connectivity index (χ4v) is 5.67. The largest absolute Gasteiger partial charge is 0.396 e. The zero-order valence-electron chi connectivity index (χ0n) is 13.8. The Morgan fingerprint density at radius 3 is 3.12 bits per heavy atom. The van der Waals surface area contributed by atoms with Crippen molar-refractivity contribution in [2.24, 2.45) is 5.92 Å². The van der Waals surface area contributed by atoms with Crippen LogP contribution in [0, 0.1) is 5.92 Å². The van der Waals surface area contributed by atoms with Gasteiger partial charge < -0.3 is 15.4 Å². The Morgan fingerprint density at radius 1 is 1.31 bits per heavy atom. The van der Waals surface area contributed by atoms with Gasteiger partial charge in [-0.15, -0.1) is 11.3 Å². The molecule has 3 N–H and O–H groups in total. The van der Waals surface area contributed by atoms with Crippen LogP contribution in [-0.4, -0.2) is 26.7 Å². The number of nitrogens with one attached hydrogen (secondary N) is 2. The van der Waals surface area contributed by atoms with Crippen LogP contribution < -0.4 is 10.2 Å². The third-order valence-corrected chi connectivity index (χ3v) is 6.90. The Morgan fingerprint density at radius 2 is 2.23 bits per heavy atom. The van der Waals surface area contributed by atoms with Gasteiger partial charge in [-0.05, 0) is 48.9 Å². The Bertz CT molecular complexity index is 1180. The maximum atomic E-state index is 11.5. The van der Waals surface area contributed by atoms with Gasteiger partial charge in [0.2, 0.25) is 0 Å².